The van der Waals surface area contributed by atoms with Gasteiger partial charge in [0.1, 0.15) is 0 Å². The lowest BCUT2D eigenvalue weighted by Gasteiger charge is -2.29. The number of amides is 1. The van der Waals surface area contributed by atoms with Crippen molar-refractivity contribution in [3.8, 4) is 11.3 Å². The van der Waals surface area contributed by atoms with Gasteiger partial charge in [-0.2, -0.15) is 0 Å². The standard InChI is InChI=1S/C24H21ClN2O4S/c25-20-9-5-4-8-18(20)21-14-32-24(26-21)27-16(13-28)10-11-17(15-6-2-1-3-7-15)19(23(27)31)12-22(29)30/h1-11,14,16-17,19,28H,12-13H2,(H,29,30)/t16-,17-,19-/m0/s1. The number of carbonyl (C=O) groups excluding carboxylic acids is 1. The number of halogens is 1. The van der Waals surface area contributed by atoms with Gasteiger partial charge < -0.3 is 10.2 Å². The number of aliphatic hydroxyl groups excluding tert-OH is 1. The molecule has 4 rings (SSSR count). The number of carbonyl (C=O) groups is 2. The van der Waals surface area contributed by atoms with E-state index in [0.29, 0.717) is 15.8 Å². The molecule has 0 bridgehead atoms. The lowest BCUT2D eigenvalue weighted by atomic mass is 9.83. The van der Waals surface area contributed by atoms with Gasteiger partial charge in [-0.05, 0) is 11.6 Å². The fourth-order valence-corrected chi connectivity index (χ4v) is 5.05. The van der Waals surface area contributed by atoms with Crippen LogP contribution in [0.2, 0.25) is 5.02 Å². The summed E-state index contributed by atoms with van der Waals surface area (Å²) in [7, 11) is 0. The average Bonchev–Trinajstić information content (AvgIpc) is 3.22. The number of nitrogens with zero attached hydrogens (tertiary/aromatic N) is 2. The minimum absolute atomic E-state index is 0.315. The van der Waals surface area contributed by atoms with E-state index in [1.54, 1.807) is 17.5 Å². The molecule has 8 heteroatoms. The molecular weight excluding hydrogens is 448 g/mol. The summed E-state index contributed by atoms with van der Waals surface area (Å²) >= 11 is 7.55. The topological polar surface area (TPSA) is 90.7 Å². The number of rotatable bonds is 6. The molecule has 3 atom stereocenters. The van der Waals surface area contributed by atoms with Crippen LogP contribution in [0, 0.1) is 5.92 Å². The summed E-state index contributed by atoms with van der Waals surface area (Å²) in [6.07, 6.45) is 3.25. The molecule has 0 aliphatic carbocycles. The van der Waals surface area contributed by atoms with Crippen LogP contribution in [-0.4, -0.2) is 39.7 Å². The highest BCUT2D eigenvalue weighted by Gasteiger charge is 2.39. The van der Waals surface area contributed by atoms with Crippen molar-refractivity contribution in [3.05, 3.63) is 82.7 Å². The van der Waals surface area contributed by atoms with Crippen molar-refractivity contribution in [2.24, 2.45) is 5.92 Å². The Morgan fingerprint density at radius 1 is 1.09 bits per heavy atom. The number of hydrogen-bond donors (Lipinski definition) is 2. The fraction of sp³-hybridized carbons (Fsp3) is 0.208. The Labute approximate surface area is 194 Å². The molecule has 0 spiro atoms. The van der Waals surface area contributed by atoms with Gasteiger partial charge in [-0.3, -0.25) is 14.5 Å². The van der Waals surface area contributed by atoms with E-state index in [4.69, 9.17) is 11.6 Å². The molecule has 164 valence electrons. The number of hydrogen-bond acceptors (Lipinski definition) is 5. The molecule has 3 aromatic rings. The summed E-state index contributed by atoms with van der Waals surface area (Å²) in [4.78, 5) is 31.4. The molecular formula is C24H21ClN2O4S. The molecule has 0 saturated heterocycles. The summed E-state index contributed by atoms with van der Waals surface area (Å²) in [6.45, 7) is -0.315. The van der Waals surface area contributed by atoms with E-state index < -0.39 is 23.8 Å². The van der Waals surface area contributed by atoms with E-state index >= 15 is 0 Å². The van der Waals surface area contributed by atoms with Crippen LogP contribution < -0.4 is 4.90 Å². The van der Waals surface area contributed by atoms with Gasteiger partial charge in [0.2, 0.25) is 5.91 Å². The second-order valence-electron chi connectivity index (χ2n) is 7.48. The van der Waals surface area contributed by atoms with E-state index in [1.807, 2.05) is 54.6 Å². The zero-order valence-corrected chi connectivity index (χ0v) is 18.5. The first-order valence-corrected chi connectivity index (χ1v) is 11.3. The number of carboxylic acids is 1. The number of aliphatic hydroxyl groups is 1. The summed E-state index contributed by atoms with van der Waals surface area (Å²) in [5, 5.41) is 22.3. The van der Waals surface area contributed by atoms with Crippen molar-refractivity contribution in [3.63, 3.8) is 0 Å². The molecule has 32 heavy (non-hydrogen) atoms. The highest BCUT2D eigenvalue weighted by Crippen LogP contribution is 2.38. The number of carboxylic acid groups (broad SMARTS) is 1. The Hall–Kier alpha value is -3.00. The molecule has 2 aromatic carbocycles. The van der Waals surface area contributed by atoms with Crippen LogP contribution in [0.4, 0.5) is 5.13 Å². The fourth-order valence-electron chi connectivity index (χ4n) is 3.93. The average molecular weight is 469 g/mol. The third-order valence-corrected chi connectivity index (χ3v) is 6.64. The van der Waals surface area contributed by atoms with Crippen molar-refractivity contribution in [2.75, 3.05) is 11.5 Å². The van der Waals surface area contributed by atoms with E-state index in [2.05, 4.69) is 4.98 Å². The smallest absolute Gasteiger partial charge is 0.304 e. The third kappa shape index (κ3) is 4.46. The third-order valence-electron chi connectivity index (χ3n) is 5.47. The molecule has 2 heterocycles. The van der Waals surface area contributed by atoms with Crippen molar-refractivity contribution >= 4 is 39.9 Å². The molecule has 1 amide bonds. The lowest BCUT2D eigenvalue weighted by Crippen LogP contribution is -2.45. The number of aromatic nitrogens is 1. The van der Waals surface area contributed by atoms with Crippen LogP contribution >= 0.6 is 22.9 Å². The van der Waals surface area contributed by atoms with Crippen LogP contribution in [-0.2, 0) is 9.59 Å². The van der Waals surface area contributed by atoms with Gasteiger partial charge in [0.25, 0.3) is 0 Å². The predicted octanol–water partition coefficient (Wildman–Crippen LogP) is 4.60. The number of thiazole rings is 1. The van der Waals surface area contributed by atoms with Gasteiger partial charge in [0.15, 0.2) is 5.13 Å². The molecule has 6 nitrogen and oxygen atoms in total. The summed E-state index contributed by atoms with van der Waals surface area (Å²) < 4.78 is 0. The molecule has 0 saturated carbocycles. The van der Waals surface area contributed by atoms with E-state index in [9.17, 15) is 19.8 Å². The Morgan fingerprint density at radius 2 is 1.81 bits per heavy atom. The van der Waals surface area contributed by atoms with Gasteiger partial charge in [0, 0.05) is 21.9 Å². The summed E-state index contributed by atoms with van der Waals surface area (Å²) in [5.74, 6) is -2.71. The van der Waals surface area contributed by atoms with Crippen LogP contribution in [0.3, 0.4) is 0 Å². The maximum Gasteiger partial charge on any atom is 0.304 e. The number of aliphatic carboxylic acids is 1. The minimum Gasteiger partial charge on any atom is -0.481 e. The second-order valence-corrected chi connectivity index (χ2v) is 8.72. The van der Waals surface area contributed by atoms with Gasteiger partial charge >= 0.3 is 5.97 Å². The van der Waals surface area contributed by atoms with Crippen molar-refractivity contribution < 1.29 is 19.8 Å². The van der Waals surface area contributed by atoms with Crippen LogP contribution in [0.1, 0.15) is 17.9 Å². The monoisotopic (exact) mass is 468 g/mol. The zero-order valence-electron chi connectivity index (χ0n) is 17.0. The van der Waals surface area contributed by atoms with Gasteiger partial charge in [0.05, 0.1) is 30.7 Å². The Morgan fingerprint density at radius 3 is 2.50 bits per heavy atom. The largest absolute Gasteiger partial charge is 0.481 e. The maximum atomic E-state index is 13.7. The Bertz CT molecular complexity index is 1150. The van der Waals surface area contributed by atoms with Gasteiger partial charge in [-0.1, -0.05) is 72.3 Å². The summed E-state index contributed by atoms with van der Waals surface area (Å²) in [5.41, 5.74) is 2.19. The quantitative estimate of drug-likeness (QED) is 0.516. The van der Waals surface area contributed by atoms with Crippen LogP contribution in [0.5, 0.6) is 0 Å². The van der Waals surface area contributed by atoms with Gasteiger partial charge in [-0.15, -0.1) is 11.3 Å². The Kier molecular flexibility index (Phi) is 6.69. The minimum atomic E-state index is -1.06. The first-order valence-electron chi connectivity index (χ1n) is 10.1. The Balaban J connectivity index is 1.75. The molecule has 1 aliphatic rings. The molecule has 0 fully saturated rings. The highest BCUT2D eigenvalue weighted by molar-refractivity contribution is 7.14. The van der Waals surface area contributed by atoms with E-state index in [1.165, 1.54) is 16.2 Å². The number of benzene rings is 2. The van der Waals surface area contributed by atoms with E-state index in [0.717, 1.165) is 11.1 Å². The molecule has 1 aromatic heterocycles. The van der Waals surface area contributed by atoms with Crippen LogP contribution in [0.25, 0.3) is 11.3 Å². The first kappa shape index (κ1) is 22.2. The maximum absolute atomic E-state index is 13.7. The second kappa shape index (κ2) is 9.65. The van der Waals surface area contributed by atoms with Crippen LogP contribution in [0.15, 0.2) is 72.1 Å². The summed E-state index contributed by atoms with van der Waals surface area (Å²) in [6, 6.07) is 16.0. The first-order chi connectivity index (χ1) is 15.5. The number of anilines is 1. The van der Waals surface area contributed by atoms with Crippen molar-refractivity contribution in [1.82, 2.24) is 4.98 Å². The van der Waals surface area contributed by atoms with Crippen molar-refractivity contribution in [2.45, 2.75) is 18.4 Å². The highest BCUT2D eigenvalue weighted by atomic mass is 35.5. The van der Waals surface area contributed by atoms with Crippen molar-refractivity contribution in [1.29, 1.82) is 0 Å². The zero-order chi connectivity index (χ0) is 22.7. The number of allylic oxidation sites excluding steroid dienone is 1. The molecule has 2 N–H and O–H groups in total. The SMILES string of the molecule is O=C(O)C[C@@H]1C(=O)N(c2nc(-c3ccccc3Cl)cs2)[C@H](CO)C=C[C@H]1c1ccccc1. The molecule has 0 unspecified atom stereocenters. The predicted molar refractivity (Wildman–Crippen MR) is 125 cm³/mol. The lowest BCUT2D eigenvalue weighted by molar-refractivity contribution is -0.140. The molecule has 1 aliphatic heterocycles. The van der Waals surface area contributed by atoms with E-state index in [-0.39, 0.29) is 18.9 Å². The molecule has 0 radical (unpaired) electrons. The normalized spacial score (nSPS) is 20.9. The van der Waals surface area contributed by atoms with Gasteiger partial charge in [-0.25, -0.2) is 4.98 Å².